The SMILES string of the molecule is COCCCCOc1ccc2cc(C#CCO)ccc2c1. The van der Waals surface area contributed by atoms with Crippen molar-refractivity contribution in [2.45, 2.75) is 12.8 Å². The van der Waals surface area contributed by atoms with E-state index in [1.54, 1.807) is 7.11 Å². The molecule has 3 nitrogen and oxygen atoms in total. The predicted octanol–water partition coefficient (Wildman–Crippen LogP) is 2.99. The van der Waals surface area contributed by atoms with Crippen LogP contribution in [0, 0.1) is 11.8 Å². The first kappa shape index (κ1) is 15.4. The van der Waals surface area contributed by atoms with Crippen LogP contribution in [0.25, 0.3) is 10.8 Å². The van der Waals surface area contributed by atoms with E-state index >= 15 is 0 Å². The maximum atomic E-state index is 8.72. The number of benzene rings is 2. The van der Waals surface area contributed by atoms with Crippen molar-refractivity contribution >= 4 is 10.8 Å². The molecule has 0 aliphatic heterocycles. The molecule has 0 fully saturated rings. The van der Waals surface area contributed by atoms with Gasteiger partial charge in [-0.25, -0.2) is 0 Å². The molecule has 21 heavy (non-hydrogen) atoms. The number of methoxy groups -OCH3 is 1. The van der Waals surface area contributed by atoms with Crippen LogP contribution in [-0.4, -0.2) is 32.0 Å². The average molecular weight is 284 g/mol. The van der Waals surface area contributed by atoms with Gasteiger partial charge in [-0.1, -0.05) is 24.0 Å². The van der Waals surface area contributed by atoms with Crippen LogP contribution in [0.2, 0.25) is 0 Å². The maximum Gasteiger partial charge on any atom is 0.119 e. The van der Waals surface area contributed by atoms with E-state index in [1.165, 1.54) is 0 Å². The van der Waals surface area contributed by atoms with Gasteiger partial charge in [0.1, 0.15) is 12.4 Å². The monoisotopic (exact) mass is 284 g/mol. The van der Waals surface area contributed by atoms with Gasteiger partial charge in [0, 0.05) is 19.3 Å². The second-order valence-corrected chi connectivity index (χ2v) is 4.73. The van der Waals surface area contributed by atoms with E-state index in [1.807, 2.05) is 36.4 Å². The Balaban J connectivity index is 2.01. The molecule has 0 saturated carbocycles. The summed E-state index contributed by atoms with van der Waals surface area (Å²) in [6.45, 7) is 1.36. The van der Waals surface area contributed by atoms with E-state index in [2.05, 4.69) is 11.8 Å². The Labute approximate surface area is 125 Å². The van der Waals surface area contributed by atoms with Gasteiger partial charge in [-0.3, -0.25) is 0 Å². The molecule has 0 amide bonds. The minimum Gasteiger partial charge on any atom is -0.494 e. The minimum absolute atomic E-state index is 0.117. The van der Waals surface area contributed by atoms with E-state index in [0.29, 0.717) is 6.61 Å². The van der Waals surface area contributed by atoms with Crippen molar-refractivity contribution in [3.8, 4) is 17.6 Å². The normalized spacial score (nSPS) is 10.2. The van der Waals surface area contributed by atoms with Crippen molar-refractivity contribution in [3.05, 3.63) is 42.0 Å². The van der Waals surface area contributed by atoms with Gasteiger partial charge in [0.15, 0.2) is 0 Å². The largest absolute Gasteiger partial charge is 0.494 e. The zero-order valence-electron chi connectivity index (χ0n) is 12.3. The van der Waals surface area contributed by atoms with Crippen LogP contribution in [0.5, 0.6) is 5.75 Å². The number of fused-ring (bicyclic) bond motifs is 1. The molecule has 110 valence electrons. The summed E-state index contributed by atoms with van der Waals surface area (Å²) in [7, 11) is 1.71. The third kappa shape index (κ3) is 4.78. The molecule has 0 aliphatic rings. The molecule has 1 N–H and O–H groups in total. The van der Waals surface area contributed by atoms with E-state index in [4.69, 9.17) is 14.6 Å². The zero-order chi connectivity index (χ0) is 14.9. The Kier molecular flexibility index (Phi) is 6.08. The number of aliphatic hydroxyl groups excluding tert-OH is 1. The second-order valence-electron chi connectivity index (χ2n) is 4.73. The molecule has 0 unspecified atom stereocenters. The summed E-state index contributed by atoms with van der Waals surface area (Å²) in [5.74, 6) is 6.45. The molecule has 0 aromatic heterocycles. The van der Waals surface area contributed by atoms with Gasteiger partial charge in [-0.2, -0.15) is 0 Å². The van der Waals surface area contributed by atoms with Crippen LogP contribution in [-0.2, 0) is 4.74 Å². The molecular formula is C18H20O3. The van der Waals surface area contributed by atoms with Gasteiger partial charge in [-0.15, -0.1) is 0 Å². The molecule has 3 heteroatoms. The first-order chi connectivity index (χ1) is 10.3. The predicted molar refractivity (Wildman–Crippen MR) is 84.5 cm³/mol. The highest BCUT2D eigenvalue weighted by molar-refractivity contribution is 5.85. The number of unbranched alkanes of at least 4 members (excludes halogenated alkanes) is 1. The van der Waals surface area contributed by atoms with E-state index in [0.717, 1.165) is 41.5 Å². The van der Waals surface area contributed by atoms with Crippen LogP contribution in [0.4, 0.5) is 0 Å². The highest BCUT2D eigenvalue weighted by Gasteiger charge is 1.99. The van der Waals surface area contributed by atoms with Crippen LogP contribution >= 0.6 is 0 Å². The average Bonchev–Trinajstić information content (AvgIpc) is 2.52. The minimum atomic E-state index is -0.117. The smallest absolute Gasteiger partial charge is 0.119 e. The topological polar surface area (TPSA) is 38.7 Å². The maximum absolute atomic E-state index is 8.72. The summed E-state index contributed by atoms with van der Waals surface area (Å²) in [6, 6.07) is 12.0. The first-order valence-electron chi connectivity index (χ1n) is 7.09. The van der Waals surface area contributed by atoms with Gasteiger partial charge in [0.2, 0.25) is 0 Å². The Morgan fingerprint density at radius 3 is 2.57 bits per heavy atom. The summed E-state index contributed by atoms with van der Waals surface area (Å²) in [6.07, 6.45) is 2.00. The molecule has 0 bridgehead atoms. The van der Waals surface area contributed by atoms with Crippen LogP contribution < -0.4 is 4.74 Å². The summed E-state index contributed by atoms with van der Waals surface area (Å²) in [5.41, 5.74) is 0.907. The van der Waals surface area contributed by atoms with Crippen LogP contribution in [0.15, 0.2) is 36.4 Å². The fourth-order valence-corrected chi connectivity index (χ4v) is 2.07. The Morgan fingerprint density at radius 2 is 1.76 bits per heavy atom. The van der Waals surface area contributed by atoms with Gasteiger partial charge < -0.3 is 14.6 Å². The third-order valence-electron chi connectivity index (χ3n) is 3.14. The summed E-state index contributed by atoms with van der Waals surface area (Å²) in [4.78, 5) is 0. The van der Waals surface area contributed by atoms with Crippen LogP contribution in [0.3, 0.4) is 0 Å². The Hall–Kier alpha value is -2.02. The summed E-state index contributed by atoms with van der Waals surface area (Å²) in [5, 5.41) is 11.0. The summed E-state index contributed by atoms with van der Waals surface area (Å²) < 4.78 is 10.7. The Morgan fingerprint density at radius 1 is 1.00 bits per heavy atom. The number of ether oxygens (including phenoxy) is 2. The van der Waals surface area contributed by atoms with E-state index in [9.17, 15) is 0 Å². The molecule has 0 heterocycles. The standard InChI is InChI=1S/C18H20O3/c1-20-11-2-3-12-21-18-9-8-16-13-15(5-4-10-19)6-7-17(16)14-18/h6-9,13-14,19H,2-3,10-12H2,1H3. The van der Waals surface area contributed by atoms with Crippen molar-refractivity contribution in [2.75, 3.05) is 26.9 Å². The fourth-order valence-electron chi connectivity index (χ4n) is 2.07. The van der Waals surface area contributed by atoms with E-state index in [-0.39, 0.29) is 6.61 Å². The highest BCUT2D eigenvalue weighted by Crippen LogP contribution is 2.22. The van der Waals surface area contributed by atoms with Gasteiger partial charge in [0.25, 0.3) is 0 Å². The van der Waals surface area contributed by atoms with Crippen molar-refractivity contribution in [1.82, 2.24) is 0 Å². The van der Waals surface area contributed by atoms with Crippen molar-refractivity contribution in [3.63, 3.8) is 0 Å². The van der Waals surface area contributed by atoms with Crippen molar-refractivity contribution < 1.29 is 14.6 Å². The molecule has 2 aromatic carbocycles. The van der Waals surface area contributed by atoms with Crippen LogP contribution in [0.1, 0.15) is 18.4 Å². The number of rotatable bonds is 6. The fraction of sp³-hybridized carbons (Fsp3) is 0.333. The zero-order valence-corrected chi connectivity index (χ0v) is 12.3. The molecule has 0 spiro atoms. The highest BCUT2D eigenvalue weighted by atomic mass is 16.5. The molecular weight excluding hydrogens is 264 g/mol. The molecule has 0 aliphatic carbocycles. The lowest BCUT2D eigenvalue weighted by molar-refractivity contribution is 0.184. The Bertz CT molecular complexity index is 638. The second kappa shape index (κ2) is 8.31. The van der Waals surface area contributed by atoms with Crippen molar-refractivity contribution in [1.29, 1.82) is 0 Å². The first-order valence-corrected chi connectivity index (χ1v) is 7.09. The lowest BCUT2D eigenvalue weighted by Crippen LogP contribution is -1.99. The summed E-state index contributed by atoms with van der Waals surface area (Å²) >= 11 is 0. The lowest BCUT2D eigenvalue weighted by Gasteiger charge is -2.07. The third-order valence-corrected chi connectivity index (χ3v) is 3.14. The quantitative estimate of drug-likeness (QED) is 0.654. The molecule has 0 atom stereocenters. The molecule has 0 radical (unpaired) electrons. The molecule has 2 aromatic rings. The van der Waals surface area contributed by atoms with Gasteiger partial charge >= 0.3 is 0 Å². The molecule has 0 saturated heterocycles. The van der Waals surface area contributed by atoms with E-state index < -0.39 is 0 Å². The lowest BCUT2D eigenvalue weighted by atomic mass is 10.1. The molecule has 2 rings (SSSR count). The number of aliphatic hydroxyl groups is 1. The number of hydrogen-bond donors (Lipinski definition) is 1. The van der Waals surface area contributed by atoms with Gasteiger partial charge in [0.05, 0.1) is 6.61 Å². The van der Waals surface area contributed by atoms with Crippen molar-refractivity contribution in [2.24, 2.45) is 0 Å². The number of hydrogen-bond acceptors (Lipinski definition) is 3. The van der Waals surface area contributed by atoms with Gasteiger partial charge in [-0.05, 0) is 47.9 Å².